The Morgan fingerprint density at radius 1 is 1.24 bits per heavy atom. The minimum absolute atomic E-state index is 0.0159. The van der Waals surface area contributed by atoms with Gasteiger partial charge in [0.2, 0.25) is 5.91 Å². The zero-order chi connectivity index (χ0) is 20.5. The maximum atomic E-state index is 12.8. The molecule has 156 valence electrons. The Balaban J connectivity index is 1.62. The van der Waals surface area contributed by atoms with Gasteiger partial charge in [0.1, 0.15) is 12.1 Å². The van der Waals surface area contributed by atoms with Gasteiger partial charge in [-0.3, -0.25) is 9.59 Å². The molecule has 1 aliphatic rings. The minimum Gasteiger partial charge on any atom is -0.494 e. The van der Waals surface area contributed by atoms with E-state index in [2.05, 4.69) is 15.5 Å². The van der Waals surface area contributed by atoms with Gasteiger partial charge >= 0.3 is 5.97 Å². The largest absolute Gasteiger partial charge is 0.494 e. The molecule has 1 aromatic carbocycles. The number of carbonyl (C=O) groups excluding carboxylic acids is 2. The molecular weight excluding hydrogens is 374 g/mol. The first-order valence-corrected chi connectivity index (χ1v) is 9.96. The molecule has 1 saturated heterocycles. The average molecular weight is 401 g/mol. The number of ether oxygens (including phenoxy) is 2. The van der Waals surface area contributed by atoms with Gasteiger partial charge in [0, 0.05) is 19.5 Å². The maximum Gasteiger partial charge on any atom is 0.314 e. The first kappa shape index (κ1) is 20.8. The van der Waals surface area contributed by atoms with Gasteiger partial charge in [-0.2, -0.15) is 0 Å². The number of aromatic nitrogens is 4. The number of nitrogens with zero attached hydrogens (tertiary/aromatic N) is 5. The van der Waals surface area contributed by atoms with Crippen LogP contribution in [-0.4, -0.2) is 63.3 Å². The summed E-state index contributed by atoms with van der Waals surface area (Å²) in [7, 11) is 0. The molecule has 0 N–H and O–H groups in total. The van der Waals surface area contributed by atoms with E-state index in [0.29, 0.717) is 45.7 Å². The van der Waals surface area contributed by atoms with Crippen molar-refractivity contribution in [1.82, 2.24) is 25.1 Å². The lowest BCUT2D eigenvalue weighted by molar-refractivity contribution is -0.162. The van der Waals surface area contributed by atoms with Crippen molar-refractivity contribution in [3.05, 3.63) is 36.7 Å². The van der Waals surface area contributed by atoms with Crippen LogP contribution in [0.2, 0.25) is 0 Å². The number of hydrogen-bond acceptors (Lipinski definition) is 7. The fraction of sp³-hybridized carbons (Fsp3) is 0.550. The first-order valence-electron chi connectivity index (χ1n) is 9.96. The fourth-order valence-electron chi connectivity index (χ4n) is 3.63. The van der Waals surface area contributed by atoms with E-state index in [1.54, 1.807) is 11.8 Å². The quantitative estimate of drug-likeness (QED) is 0.590. The number of aryl methyl sites for hydroxylation is 1. The number of rotatable bonds is 9. The molecule has 3 rings (SSSR count). The van der Waals surface area contributed by atoms with E-state index in [-0.39, 0.29) is 18.3 Å². The highest BCUT2D eigenvalue weighted by molar-refractivity contribution is 5.80. The highest BCUT2D eigenvalue weighted by Crippen LogP contribution is 2.35. The molecule has 0 aliphatic carbocycles. The van der Waals surface area contributed by atoms with Gasteiger partial charge in [0.25, 0.3) is 0 Å². The lowest BCUT2D eigenvalue weighted by Crippen LogP contribution is -2.51. The van der Waals surface area contributed by atoms with Crippen LogP contribution in [0.1, 0.15) is 32.6 Å². The number of para-hydroxylation sites is 1. The van der Waals surface area contributed by atoms with Gasteiger partial charge in [-0.05, 0) is 48.7 Å². The standard InChI is InChI=1S/C20H27N5O4/c1-2-28-19(27)20(11-14-29-17-7-4-3-5-8-17)10-6-12-24(15-20)18(26)9-13-25-16-21-22-23-25/h3-5,7-8,16H,2,6,9-15H2,1H3. The van der Waals surface area contributed by atoms with Crippen LogP contribution >= 0.6 is 0 Å². The smallest absolute Gasteiger partial charge is 0.314 e. The second kappa shape index (κ2) is 9.99. The van der Waals surface area contributed by atoms with Crippen molar-refractivity contribution >= 4 is 11.9 Å². The molecule has 1 unspecified atom stereocenters. The summed E-state index contributed by atoms with van der Waals surface area (Å²) in [4.78, 5) is 27.3. The van der Waals surface area contributed by atoms with E-state index in [4.69, 9.17) is 9.47 Å². The Kier molecular flexibility index (Phi) is 7.15. The van der Waals surface area contributed by atoms with E-state index >= 15 is 0 Å². The Bertz CT molecular complexity index is 783. The summed E-state index contributed by atoms with van der Waals surface area (Å²) < 4.78 is 12.7. The molecule has 9 nitrogen and oxygen atoms in total. The number of esters is 1. The van der Waals surface area contributed by atoms with Gasteiger partial charge in [-0.25, -0.2) is 4.68 Å². The minimum atomic E-state index is -0.743. The van der Waals surface area contributed by atoms with Crippen molar-refractivity contribution in [3.63, 3.8) is 0 Å². The SMILES string of the molecule is CCOC(=O)C1(CCOc2ccccc2)CCCN(C(=O)CCn2cnnn2)C1. The Morgan fingerprint density at radius 3 is 2.79 bits per heavy atom. The number of hydrogen-bond donors (Lipinski definition) is 0. The zero-order valence-corrected chi connectivity index (χ0v) is 16.7. The third-order valence-electron chi connectivity index (χ3n) is 5.18. The van der Waals surface area contributed by atoms with E-state index in [1.165, 1.54) is 11.0 Å². The molecule has 2 heterocycles. The highest BCUT2D eigenvalue weighted by atomic mass is 16.5. The summed E-state index contributed by atoms with van der Waals surface area (Å²) in [6.07, 6.45) is 3.69. The number of amides is 1. The van der Waals surface area contributed by atoms with Gasteiger partial charge < -0.3 is 14.4 Å². The second-order valence-electron chi connectivity index (χ2n) is 7.15. The lowest BCUT2D eigenvalue weighted by atomic mass is 9.77. The van der Waals surface area contributed by atoms with Gasteiger partial charge in [-0.15, -0.1) is 5.10 Å². The van der Waals surface area contributed by atoms with Crippen molar-refractivity contribution < 1.29 is 19.1 Å². The zero-order valence-electron chi connectivity index (χ0n) is 16.7. The number of carbonyl (C=O) groups is 2. The topological polar surface area (TPSA) is 99.4 Å². The number of piperidine rings is 1. The summed E-state index contributed by atoms with van der Waals surface area (Å²) in [6, 6.07) is 9.50. The molecule has 1 aliphatic heterocycles. The Labute approximate surface area is 170 Å². The molecule has 1 aromatic heterocycles. The molecule has 0 radical (unpaired) electrons. The van der Waals surface area contributed by atoms with Gasteiger partial charge in [0.15, 0.2) is 0 Å². The fourth-order valence-corrected chi connectivity index (χ4v) is 3.63. The monoisotopic (exact) mass is 401 g/mol. The molecule has 1 fully saturated rings. The predicted molar refractivity (Wildman–Crippen MR) is 104 cm³/mol. The summed E-state index contributed by atoms with van der Waals surface area (Å²) in [6.45, 7) is 3.88. The molecule has 0 spiro atoms. The van der Waals surface area contributed by atoms with Crippen LogP contribution in [-0.2, 0) is 20.9 Å². The summed E-state index contributed by atoms with van der Waals surface area (Å²) in [5, 5.41) is 10.9. The van der Waals surface area contributed by atoms with Crippen LogP contribution < -0.4 is 4.74 Å². The van der Waals surface area contributed by atoms with Crippen LogP contribution in [0.3, 0.4) is 0 Å². The van der Waals surface area contributed by atoms with Gasteiger partial charge in [-0.1, -0.05) is 18.2 Å². The van der Waals surface area contributed by atoms with Crippen LogP contribution in [0.15, 0.2) is 36.7 Å². The Morgan fingerprint density at radius 2 is 2.07 bits per heavy atom. The van der Waals surface area contributed by atoms with Gasteiger partial charge in [0.05, 0.1) is 25.2 Å². The first-order chi connectivity index (χ1) is 14.1. The normalized spacial score (nSPS) is 19.0. The molecule has 2 aromatic rings. The molecule has 1 atom stereocenters. The summed E-state index contributed by atoms with van der Waals surface area (Å²) in [5.41, 5.74) is -0.743. The van der Waals surface area contributed by atoms with Crippen LogP contribution in [0.25, 0.3) is 0 Å². The third-order valence-corrected chi connectivity index (χ3v) is 5.18. The average Bonchev–Trinajstić information content (AvgIpc) is 3.27. The van der Waals surface area contributed by atoms with E-state index in [0.717, 1.165) is 12.2 Å². The number of likely N-dealkylation sites (tertiary alicyclic amines) is 1. The molecule has 0 bridgehead atoms. The van der Waals surface area contributed by atoms with Crippen molar-refractivity contribution in [2.75, 3.05) is 26.3 Å². The van der Waals surface area contributed by atoms with E-state index in [9.17, 15) is 9.59 Å². The summed E-state index contributed by atoms with van der Waals surface area (Å²) in [5.74, 6) is 0.490. The number of tetrazole rings is 1. The van der Waals surface area contributed by atoms with Crippen LogP contribution in [0.4, 0.5) is 0 Å². The van der Waals surface area contributed by atoms with Crippen molar-refractivity contribution in [1.29, 1.82) is 0 Å². The van der Waals surface area contributed by atoms with Crippen molar-refractivity contribution in [2.24, 2.45) is 5.41 Å². The summed E-state index contributed by atoms with van der Waals surface area (Å²) >= 11 is 0. The predicted octanol–water partition coefficient (Wildman–Crippen LogP) is 1.70. The molecule has 1 amide bonds. The molecular formula is C20H27N5O4. The van der Waals surface area contributed by atoms with Crippen LogP contribution in [0.5, 0.6) is 5.75 Å². The second-order valence-corrected chi connectivity index (χ2v) is 7.15. The van der Waals surface area contributed by atoms with Crippen molar-refractivity contribution in [2.45, 2.75) is 39.2 Å². The van der Waals surface area contributed by atoms with Crippen LogP contribution in [0, 0.1) is 5.41 Å². The molecule has 29 heavy (non-hydrogen) atoms. The highest BCUT2D eigenvalue weighted by Gasteiger charge is 2.44. The van der Waals surface area contributed by atoms with Crippen molar-refractivity contribution in [3.8, 4) is 5.75 Å². The Hall–Kier alpha value is -2.97. The third kappa shape index (κ3) is 5.52. The maximum absolute atomic E-state index is 12.8. The number of benzene rings is 1. The van der Waals surface area contributed by atoms with E-state index in [1.807, 2.05) is 30.3 Å². The molecule has 0 saturated carbocycles. The van der Waals surface area contributed by atoms with E-state index < -0.39 is 5.41 Å². The lowest BCUT2D eigenvalue weighted by Gasteiger charge is -2.41. The molecule has 9 heteroatoms.